The molecule has 8 nitrogen and oxygen atoms in total. The zero-order valence-corrected chi connectivity index (χ0v) is 18.0. The van der Waals surface area contributed by atoms with Crippen LogP contribution < -0.4 is 20.4 Å². The molecule has 1 unspecified atom stereocenters. The van der Waals surface area contributed by atoms with E-state index in [0.717, 1.165) is 83.3 Å². The van der Waals surface area contributed by atoms with Gasteiger partial charge in [-0.2, -0.15) is 0 Å². The Labute approximate surface area is 179 Å². The van der Waals surface area contributed by atoms with Crippen molar-refractivity contribution in [1.29, 1.82) is 0 Å². The number of piperidine rings is 2. The Balaban J connectivity index is 0.00000240. The van der Waals surface area contributed by atoms with Gasteiger partial charge in [0.15, 0.2) is 0 Å². The highest BCUT2D eigenvalue weighted by molar-refractivity contribution is 5.85. The molecule has 162 valence electrons. The molecule has 3 aliphatic heterocycles. The Bertz CT molecular complexity index is 672. The van der Waals surface area contributed by atoms with Crippen molar-refractivity contribution in [1.82, 2.24) is 20.6 Å². The van der Waals surface area contributed by atoms with Gasteiger partial charge in [-0.1, -0.05) is 0 Å². The van der Waals surface area contributed by atoms with E-state index in [2.05, 4.69) is 43.4 Å². The molecule has 3 aliphatic rings. The first kappa shape index (κ1) is 22.1. The van der Waals surface area contributed by atoms with E-state index in [1.165, 1.54) is 0 Å². The Hall–Kier alpha value is -1.64. The molecule has 0 aromatic carbocycles. The van der Waals surface area contributed by atoms with Crippen LogP contribution in [-0.4, -0.2) is 73.9 Å². The minimum absolute atomic E-state index is 0. The summed E-state index contributed by atoms with van der Waals surface area (Å²) in [7, 11) is 0. The number of hydrogen-bond donors (Lipinski definition) is 2. The maximum atomic E-state index is 12.7. The van der Waals surface area contributed by atoms with Crippen LogP contribution in [0, 0.1) is 5.92 Å². The summed E-state index contributed by atoms with van der Waals surface area (Å²) in [5.74, 6) is 2.27. The van der Waals surface area contributed by atoms with Gasteiger partial charge >= 0.3 is 0 Å². The number of nitrogens with zero attached hydrogens (tertiary/aromatic N) is 4. The lowest BCUT2D eigenvalue weighted by Crippen LogP contribution is -2.51. The maximum absolute atomic E-state index is 12.7. The summed E-state index contributed by atoms with van der Waals surface area (Å²) in [6.07, 6.45) is 5.60. The SMILES string of the molecule is C[C@H]1C[C@@H](C(=O)NC2CCCN(c3cc(N4CCOCC4)ncn3)C2)CCN1.Cl. The van der Waals surface area contributed by atoms with Crippen molar-refractivity contribution in [2.24, 2.45) is 5.92 Å². The second-order valence-electron chi connectivity index (χ2n) is 8.20. The number of carbonyl (C=O) groups is 1. The summed E-state index contributed by atoms with van der Waals surface area (Å²) < 4.78 is 5.44. The molecule has 0 aliphatic carbocycles. The van der Waals surface area contributed by atoms with Gasteiger partial charge in [0, 0.05) is 50.2 Å². The number of hydrogen-bond acceptors (Lipinski definition) is 7. The van der Waals surface area contributed by atoms with Crippen molar-refractivity contribution in [2.45, 2.75) is 44.7 Å². The smallest absolute Gasteiger partial charge is 0.223 e. The number of nitrogens with one attached hydrogen (secondary N) is 2. The molecule has 3 fully saturated rings. The van der Waals surface area contributed by atoms with E-state index in [1.54, 1.807) is 6.33 Å². The standard InChI is InChI=1S/C20H32N6O2.ClH/c1-15-11-16(4-5-21-15)20(27)24-17-3-2-6-26(13-17)19-12-18(22-14-23-19)25-7-9-28-10-8-25;/h12,14-17,21H,2-11,13H2,1H3,(H,24,27);1H/t15-,16-,17?;/m0./s1. The normalized spacial score (nSPS) is 27.8. The number of amides is 1. The minimum Gasteiger partial charge on any atom is -0.378 e. The number of halogens is 1. The van der Waals surface area contributed by atoms with Gasteiger partial charge in [0.2, 0.25) is 5.91 Å². The molecule has 4 heterocycles. The Morgan fingerprint density at radius 1 is 1.17 bits per heavy atom. The fourth-order valence-electron chi connectivity index (χ4n) is 4.47. The largest absolute Gasteiger partial charge is 0.378 e. The fourth-order valence-corrected chi connectivity index (χ4v) is 4.47. The van der Waals surface area contributed by atoms with Gasteiger partial charge in [0.1, 0.15) is 18.0 Å². The van der Waals surface area contributed by atoms with Crippen LogP contribution in [0.3, 0.4) is 0 Å². The number of morpholine rings is 1. The van der Waals surface area contributed by atoms with Crippen molar-refractivity contribution in [3.05, 3.63) is 12.4 Å². The van der Waals surface area contributed by atoms with E-state index in [1.807, 2.05) is 0 Å². The average Bonchev–Trinajstić information content (AvgIpc) is 2.75. The molecule has 3 atom stereocenters. The third-order valence-electron chi connectivity index (χ3n) is 6.06. The Morgan fingerprint density at radius 3 is 2.69 bits per heavy atom. The van der Waals surface area contributed by atoms with Crippen LogP contribution in [0.5, 0.6) is 0 Å². The molecular formula is C20H33ClN6O2. The fraction of sp³-hybridized carbons (Fsp3) is 0.750. The van der Waals surface area contributed by atoms with Crippen molar-refractivity contribution in [2.75, 3.05) is 55.7 Å². The predicted molar refractivity (Wildman–Crippen MR) is 116 cm³/mol. The maximum Gasteiger partial charge on any atom is 0.223 e. The molecule has 0 spiro atoms. The van der Waals surface area contributed by atoms with E-state index in [4.69, 9.17) is 4.74 Å². The second-order valence-corrected chi connectivity index (χ2v) is 8.20. The average molecular weight is 425 g/mol. The van der Waals surface area contributed by atoms with E-state index in [-0.39, 0.29) is 30.3 Å². The molecule has 9 heteroatoms. The summed E-state index contributed by atoms with van der Waals surface area (Å²) in [5, 5.41) is 6.73. The van der Waals surface area contributed by atoms with Crippen LogP contribution in [0.15, 0.2) is 12.4 Å². The lowest BCUT2D eigenvalue weighted by atomic mass is 9.92. The highest BCUT2D eigenvalue weighted by atomic mass is 35.5. The third kappa shape index (κ3) is 5.71. The molecule has 29 heavy (non-hydrogen) atoms. The summed E-state index contributed by atoms with van der Waals surface area (Å²) in [4.78, 5) is 26.2. The van der Waals surface area contributed by atoms with Gasteiger partial charge in [0.05, 0.1) is 13.2 Å². The lowest BCUT2D eigenvalue weighted by Gasteiger charge is -2.36. The van der Waals surface area contributed by atoms with Crippen LogP contribution in [-0.2, 0) is 9.53 Å². The van der Waals surface area contributed by atoms with Crippen molar-refractivity contribution in [3.63, 3.8) is 0 Å². The molecule has 1 aromatic rings. The van der Waals surface area contributed by atoms with Gasteiger partial charge in [-0.3, -0.25) is 4.79 Å². The summed E-state index contributed by atoms with van der Waals surface area (Å²) in [6.45, 7) is 8.08. The van der Waals surface area contributed by atoms with Crippen molar-refractivity contribution < 1.29 is 9.53 Å². The number of aromatic nitrogens is 2. The van der Waals surface area contributed by atoms with Gasteiger partial charge in [-0.05, 0) is 39.2 Å². The van der Waals surface area contributed by atoms with Crippen LogP contribution >= 0.6 is 12.4 Å². The first-order valence-electron chi connectivity index (χ1n) is 10.6. The molecule has 2 N–H and O–H groups in total. The molecule has 0 saturated carbocycles. The molecular weight excluding hydrogens is 392 g/mol. The Kier molecular flexibility index (Phi) is 7.91. The molecule has 1 amide bonds. The van der Waals surface area contributed by atoms with E-state index < -0.39 is 0 Å². The number of ether oxygens (including phenoxy) is 1. The van der Waals surface area contributed by atoms with Crippen LogP contribution in [0.2, 0.25) is 0 Å². The first-order valence-corrected chi connectivity index (χ1v) is 10.6. The quantitative estimate of drug-likeness (QED) is 0.751. The summed E-state index contributed by atoms with van der Waals surface area (Å²) >= 11 is 0. The third-order valence-corrected chi connectivity index (χ3v) is 6.06. The van der Waals surface area contributed by atoms with Crippen molar-refractivity contribution >= 4 is 29.9 Å². The molecule has 3 saturated heterocycles. The van der Waals surface area contributed by atoms with Gasteiger partial charge in [-0.15, -0.1) is 12.4 Å². The highest BCUT2D eigenvalue weighted by Crippen LogP contribution is 2.23. The van der Waals surface area contributed by atoms with Gasteiger partial charge < -0.3 is 25.2 Å². The molecule has 0 radical (unpaired) electrons. The van der Waals surface area contributed by atoms with Crippen LogP contribution in [0.4, 0.5) is 11.6 Å². The van der Waals surface area contributed by atoms with Crippen LogP contribution in [0.25, 0.3) is 0 Å². The second kappa shape index (κ2) is 10.4. The van der Waals surface area contributed by atoms with E-state index in [0.29, 0.717) is 6.04 Å². The lowest BCUT2D eigenvalue weighted by molar-refractivity contribution is -0.126. The molecule has 4 rings (SSSR count). The topological polar surface area (TPSA) is 82.6 Å². The molecule has 0 bridgehead atoms. The van der Waals surface area contributed by atoms with Gasteiger partial charge in [0.25, 0.3) is 0 Å². The zero-order valence-electron chi connectivity index (χ0n) is 17.2. The number of anilines is 2. The molecule has 1 aromatic heterocycles. The summed E-state index contributed by atoms with van der Waals surface area (Å²) in [6, 6.07) is 2.68. The Morgan fingerprint density at radius 2 is 1.93 bits per heavy atom. The zero-order chi connectivity index (χ0) is 19.3. The summed E-state index contributed by atoms with van der Waals surface area (Å²) in [5.41, 5.74) is 0. The van der Waals surface area contributed by atoms with Gasteiger partial charge in [-0.25, -0.2) is 9.97 Å². The number of carbonyl (C=O) groups excluding carboxylic acids is 1. The van der Waals surface area contributed by atoms with Crippen LogP contribution in [0.1, 0.15) is 32.6 Å². The number of rotatable bonds is 4. The first-order chi connectivity index (χ1) is 13.7. The monoisotopic (exact) mass is 424 g/mol. The van der Waals surface area contributed by atoms with Crippen molar-refractivity contribution in [3.8, 4) is 0 Å². The van der Waals surface area contributed by atoms with E-state index in [9.17, 15) is 4.79 Å². The predicted octanol–water partition coefficient (Wildman–Crippen LogP) is 1.21. The minimum atomic E-state index is 0. The highest BCUT2D eigenvalue weighted by Gasteiger charge is 2.28. The van der Waals surface area contributed by atoms with E-state index >= 15 is 0 Å².